The lowest BCUT2D eigenvalue weighted by molar-refractivity contribution is -0.0617. The molecule has 0 spiro atoms. The first-order valence-corrected chi connectivity index (χ1v) is 8.14. The van der Waals surface area contributed by atoms with Crippen LogP contribution in [0.2, 0.25) is 0 Å². The van der Waals surface area contributed by atoms with Gasteiger partial charge in [0.2, 0.25) is 0 Å². The van der Waals surface area contributed by atoms with Gasteiger partial charge in [-0.1, -0.05) is 30.3 Å². The van der Waals surface area contributed by atoms with Crippen molar-refractivity contribution in [2.24, 2.45) is 0 Å². The van der Waals surface area contributed by atoms with Gasteiger partial charge in [0, 0.05) is 50.1 Å². The highest BCUT2D eigenvalue weighted by Gasteiger charge is 2.29. The lowest BCUT2D eigenvalue weighted by Gasteiger charge is -2.32. The largest absolute Gasteiger partial charge is 0.388 e. The van der Waals surface area contributed by atoms with Crippen LogP contribution in [0.5, 0.6) is 0 Å². The summed E-state index contributed by atoms with van der Waals surface area (Å²) in [4.78, 5) is 4.64. The number of benzene rings is 1. The molecule has 0 unspecified atom stereocenters. The predicted octanol–water partition coefficient (Wildman–Crippen LogP) is 2.44. The first kappa shape index (κ1) is 14.7. The van der Waals surface area contributed by atoms with Crippen molar-refractivity contribution >= 4 is 11.3 Å². The molecule has 2 N–H and O–H groups in total. The Bertz CT molecular complexity index is 565. The fourth-order valence-corrected chi connectivity index (χ4v) is 3.24. The maximum Gasteiger partial charge on any atom is 0.107 e. The lowest BCUT2D eigenvalue weighted by atomic mass is 9.94. The van der Waals surface area contributed by atoms with Gasteiger partial charge in [0.15, 0.2) is 0 Å². The van der Waals surface area contributed by atoms with E-state index in [4.69, 9.17) is 4.74 Å². The molecule has 3 rings (SSSR count). The van der Waals surface area contributed by atoms with Crippen LogP contribution >= 0.6 is 11.3 Å². The predicted molar refractivity (Wildman–Crippen MR) is 84.3 cm³/mol. The van der Waals surface area contributed by atoms with E-state index in [1.54, 1.807) is 11.3 Å². The number of hydrogen-bond acceptors (Lipinski definition) is 5. The molecule has 21 heavy (non-hydrogen) atoms. The van der Waals surface area contributed by atoms with E-state index in [9.17, 15) is 5.11 Å². The SMILES string of the molecule is OC1(CNCc2nc(-c3ccccc3)cs2)CCOCC1. The molecular formula is C16H20N2O2S. The van der Waals surface area contributed by atoms with Gasteiger partial charge in [0.25, 0.3) is 0 Å². The van der Waals surface area contributed by atoms with Gasteiger partial charge >= 0.3 is 0 Å². The minimum absolute atomic E-state index is 0.594. The molecule has 0 saturated carbocycles. The van der Waals surface area contributed by atoms with Gasteiger partial charge in [-0.05, 0) is 0 Å². The number of ether oxygens (including phenoxy) is 1. The smallest absolute Gasteiger partial charge is 0.107 e. The molecule has 0 amide bonds. The van der Waals surface area contributed by atoms with Crippen molar-refractivity contribution in [3.05, 3.63) is 40.7 Å². The number of rotatable bonds is 5. The van der Waals surface area contributed by atoms with Crippen molar-refractivity contribution in [1.82, 2.24) is 10.3 Å². The third kappa shape index (κ3) is 3.89. The summed E-state index contributed by atoms with van der Waals surface area (Å²) in [5.41, 5.74) is 1.53. The van der Waals surface area contributed by atoms with Crippen LogP contribution in [0, 0.1) is 0 Å². The van der Waals surface area contributed by atoms with Gasteiger partial charge < -0.3 is 15.2 Å². The van der Waals surface area contributed by atoms with Crippen molar-refractivity contribution in [3.63, 3.8) is 0 Å². The van der Waals surface area contributed by atoms with Gasteiger partial charge in [0.05, 0.1) is 11.3 Å². The average molecular weight is 304 g/mol. The summed E-state index contributed by atoms with van der Waals surface area (Å²) in [6, 6.07) is 10.2. The monoisotopic (exact) mass is 304 g/mol. The van der Waals surface area contributed by atoms with Crippen LogP contribution in [0.25, 0.3) is 11.3 Å². The third-order valence-electron chi connectivity index (χ3n) is 3.78. The van der Waals surface area contributed by atoms with E-state index in [0.29, 0.717) is 39.1 Å². The zero-order valence-electron chi connectivity index (χ0n) is 11.9. The summed E-state index contributed by atoms with van der Waals surface area (Å²) >= 11 is 1.65. The van der Waals surface area contributed by atoms with Gasteiger partial charge in [-0.25, -0.2) is 4.98 Å². The molecule has 1 aromatic heterocycles. The lowest BCUT2D eigenvalue weighted by Crippen LogP contribution is -2.44. The Balaban J connectivity index is 1.53. The molecule has 5 heteroatoms. The second-order valence-corrected chi connectivity index (χ2v) is 6.38. The van der Waals surface area contributed by atoms with Crippen molar-refractivity contribution in [1.29, 1.82) is 0 Å². The Hall–Kier alpha value is -1.27. The number of aromatic nitrogens is 1. The zero-order chi connectivity index (χ0) is 14.5. The molecule has 1 saturated heterocycles. The highest BCUT2D eigenvalue weighted by atomic mass is 32.1. The van der Waals surface area contributed by atoms with Crippen molar-refractivity contribution in [3.8, 4) is 11.3 Å². The molecule has 112 valence electrons. The normalized spacial score (nSPS) is 17.8. The zero-order valence-corrected chi connectivity index (χ0v) is 12.7. The standard InChI is InChI=1S/C16H20N2O2S/c19-16(6-8-20-9-7-16)12-17-10-15-18-14(11-21-15)13-4-2-1-3-5-13/h1-5,11,17,19H,6-10,12H2. The summed E-state index contributed by atoms with van der Waals surface area (Å²) in [5, 5.41) is 16.8. The fourth-order valence-electron chi connectivity index (χ4n) is 2.46. The topological polar surface area (TPSA) is 54.4 Å². The van der Waals surface area contributed by atoms with Gasteiger partial charge in [-0.3, -0.25) is 0 Å². The van der Waals surface area contributed by atoms with Crippen LogP contribution in [0.3, 0.4) is 0 Å². The van der Waals surface area contributed by atoms with Crippen molar-refractivity contribution in [2.75, 3.05) is 19.8 Å². The Morgan fingerprint density at radius 3 is 2.76 bits per heavy atom. The summed E-state index contributed by atoms with van der Waals surface area (Å²) in [7, 11) is 0. The summed E-state index contributed by atoms with van der Waals surface area (Å²) in [6.45, 7) is 2.58. The minimum Gasteiger partial charge on any atom is -0.388 e. The molecule has 2 aromatic rings. The highest BCUT2D eigenvalue weighted by molar-refractivity contribution is 7.09. The fraction of sp³-hybridized carbons (Fsp3) is 0.438. The highest BCUT2D eigenvalue weighted by Crippen LogP contribution is 2.22. The van der Waals surface area contributed by atoms with Crippen LogP contribution in [0.4, 0.5) is 0 Å². The first-order chi connectivity index (χ1) is 10.3. The van der Waals surface area contributed by atoms with E-state index in [-0.39, 0.29) is 0 Å². The number of hydrogen-bond donors (Lipinski definition) is 2. The number of nitrogens with one attached hydrogen (secondary N) is 1. The Labute approximate surface area is 128 Å². The van der Waals surface area contributed by atoms with E-state index in [1.165, 1.54) is 0 Å². The Morgan fingerprint density at radius 1 is 1.24 bits per heavy atom. The maximum absolute atomic E-state index is 10.4. The second kappa shape index (κ2) is 6.66. The second-order valence-electron chi connectivity index (χ2n) is 5.43. The molecule has 1 aliphatic rings. The molecule has 0 bridgehead atoms. The first-order valence-electron chi connectivity index (χ1n) is 7.26. The van der Waals surface area contributed by atoms with Gasteiger partial charge in [-0.15, -0.1) is 11.3 Å². The molecule has 1 aliphatic heterocycles. The van der Waals surface area contributed by atoms with Crippen LogP contribution in [-0.2, 0) is 11.3 Å². The van der Waals surface area contributed by atoms with Crippen molar-refractivity contribution in [2.45, 2.75) is 25.0 Å². The number of aliphatic hydroxyl groups is 1. The quantitative estimate of drug-likeness (QED) is 0.891. The summed E-state index contributed by atoms with van der Waals surface area (Å²) in [6.07, 6.45) is 1.40. The Morgan fingerprint density at radius 2 is 2.00 bits per heavy atom. The number of thiazole rings is 1. The molecule has 2 heterocycles. The Kier molecular flexibility index (Phi) is 4.65. The van der Waals surface area contributed by atoms with E-state index in [0.717, 1.165) is 16.3 Å². The van der Waals surface area contributed by atoms with E-state index < -0.39 is 5.60 Å². The van der Waals surface area contributed by atoms with Crippen LogP contribution in [0.1, 0.15) is 17.8 Å². The van der Waals surface area contributed by atoms with Crippen LogP contribution in [0.15, 0.2) is 35.7 Å². The maximum atomic E-state index is 10.4. The van der Waals surface area contributed by atoms with Gasteiger partial charge in [0.1, 0.15) is 5.01 Å². The molecule has 4 nitrogen and oxygen atoms in total. The minimum atomic E-state index is -0.627. The van der Waals surface area contributed by atoms with Crippen LogP contribution < -0.4 is 5.32 Å². The molecule has 0 aliphatic carbocycles. The van der Waals surface area contributed by atoms with E-state index >= 15 is 0 Å². The molecule has 0 radical (unpaired) electrons. The summed E-state index contributed by atoms with van der Waals surface area (Å²) in [5.74, 6) is 0. The van der Waals surface area contributed by atoms with Crippen LogP contribution in [-0.4, -0.2) is 35.5 Å². The van der Waals surface area contributed by atoms with E-state index in [1.807, 2.05) is 18.2 Å². The van der Waals surface area contributed by atoms with E-state index in [2.05, 4.69) is 27.8 Å². The molecule has 1 fully saturated rings. The van der Waals surface area contributed by atoms with Gasteiger partial charge in [-0.2, -0.15) is 0 Å². The number of nitrogens with zero attached hydrogens (tertiary/aromatic N) is 1. The average Bonchev–Trinajstić information content (AvgIpc) is 2.98. The molecular weight excluding hydrogens is 284 g/mol. The molecule has 1 aromatic carbocycles. The molecule has 0 atom stereocenters. The van der Waals surface area contributed by atoms with Crippen molar-refractivity contribution < 1.29 is 9.84 Å². The summed E-state index contributed by atoms with van der Waals surface area (Å²) < 4.78 is 5.28. The third-order valence-corrected chi connectivity index (χ3v) is 4.62.